The number of benzene rings is 2. The first-order chi connectivity index (χ1) is 18.4. The first kappa shape index (κ1) is 26.0. The summed E-state index contributed by atoms with van der Waals surface area (Å²) in [6.07, 6.45) is 8.72. The Kier molecular flexibility index (Phi) is 7.79. The van der Waals surface area contributed by atoms with Gasteiger partial charge >= 0.3 is 0 Å². The van der Waals surface area contributed by atoms with Crippen LogP contribution in [0.4, 0.5) is 5.69 Å². The molecule has 2 amide bonds. The number of hydrogen-bond donors (Lipinski definition) is 0. The van der Waals surface area contributed by atoms with Crippen molar-refractivity contribution >= 4 is 40.1 Å². The van der Waals surface area contributed by atoms with Gasteiger partial charge in [-0.1, -0.05) is 43.0 Å². The number of hydrogen-bond acceptors (Lipinski definition) is 4. The predicted octanol–water partition coefficient (Wildman–Crippen LogP) is 5.43. The number of rotatable bonds is 3. The summed E-state index contributed by atoms with van der Waals surface area (Å²) in [7, 11) is 1.86. The zero-order chi connectivity index (χ0) is 26.6. The highest BCUT2D eigenvalue weighted by Gasteiger charge is 2.25. The Morgan fingerprint density at radius 3 is 2.55 bits per heavy atom. The van der Waals surface area contributed by atoms with Gasteiger partial charge < -0.3 is 14.4 Å². The van der Waals surface area contributed by atoms with Crippen molar-refractivity contribution < 1.29 is 9.59 Å². The second-order valence-electron chi connectivity index (χ2n) is 9.96. The number of nitrogens with zero attached hydrogens (tertiary/aromatic N) is 6. The topological polar surface area (TPSA) is 76.3 Å². The molecule has 0 spiro atoms. The lowest BCUT2D eigenvalue weighted by atomic mass is 10.0. The Bertz CT molecular complexity index is 1450. The van der Waals surface area contributed by atoms with E-state index in [0.717, 1.165) is 54.4 Å². The maximum atomic E-state index is 13.9. The highest BCUT2D eigenvalue weighted by Crippen LogP contribution is 2.28. The number of amides is 2. The fourth-order valence-corrected chi connectivity index (χ4v) is 5.35. The molecule has 5 rings (SSSR count). The Morgan fingerprint density at radius 1 is 1.00 bits per heavy atom. The lowest BCUT2D eigenvalue weighted by Gasteiger charge is -2.29. The van der Waals surface area contributed by atoms with Crippen molar-refractivity contribution in [1.29, 1.82) is 0 Å². The predicted molar refractivity (Wildman–Crippen MR) is 149 cm³/mol. The van der Waals surface area contributed by atoms with Crippen molar-refractivity contribution in [3.05, 3.63) is 76.8 Å². The zero-order valence-corrected chi connectivity index (χ0v) is 22.7. The quantitative estimate of drug-likeness (QED) is 0.352. The van der Waals surface area contributed by atoms with Crippen LogP contribution in [0.5, 0.6) is 0 Å². The molecule has 0 bridgehead atoms. The van der Waals surface area contributed by atoms with Gasteiger partial charge in [-0.15, -0.1) is 0 Å². The number of aromatic nitrogens is 4. The van der Waals surface area contributed by atoms with Crippen LogP contribution in [0.2, 0.25) is 5.02 Å². The summed E-state index contributed by atoms with van der Waals surface area (Å²) in [5.41, 5.74) is 4.41. The van der Waals surface area contributed by atoms with Gasteiger partial charge in [0.25, 0.3) is 5.91 Å². The number of aryl methyl sites for hydroxylation is 1. The highest BCUT2D eigenvalue weighted by molar-refractivity contribution is 6.31. The van der Waals surface area contributed by atoms with Crippen LogP contribution >= 0.6 is 11.6 Å². The fraction of sp³-hybridized carbons (Fsp3) is 0.379. The molecular formula is C29H33ClN6O2. The van der Waals surface area contributed by atoms with Crippen LogP contribution < -0.4 is 4.90 Å². The second kappa shape index (κ2) is 11.4. The van der Waals surface area contributed by atoms with Gasteiger partial charge in [0.1, 0.15) is 0 Å². The Balaban J connectivity index is 1.53. The molecule has 1 aliphatic rings. The average Bonchev–Trinajstić information content (AvgIpc) is 3.51. The summed E-state index contributed by atoms with van der Waals surface area (Å²) in [6.45, 7) is 3.90. The van der Waals surface area contributed by atoms with E-state index in [0.29, 0.717) is 42.5 Å². The Labute approximate surface area is 227 Å². The van der Waals surface area contributed by atoms with Crippen molar-refractivity contribution in [3.8, 4) is 0 Å². The SMILES string of the molecule is CC(=O)N1CCCCCCCN(C(=O)c2nc3cc(Cl)ccc3n2C)Cc2ccc(Cn3cccn3)cc21. The Hall–Kier alpha value is -3.65. The van der Waals surface area contributed by atoms with Crippen molar-refractivity contribution in [2.24, 2.45) is 7.05 Å². The van der Waals surface area contributed by atoms with Crippen LogP contribution in [0, 0.1) is 0 Å². The number of imidazole rings is 1. The van der Waals surface area contributed by atoms with Gasteiger partial charge in [-0.25, -0.2) is 4.98 Å². The molecule has 0 aliphatic carbocycles. The third kappa shape index (κ3) is 5.60. The second-order valence-corrected chi connectivity index (χ2v) is 10.4. The van der Waals surface area contributed by atoms with Crippen LogP contribution in [0.25, 0.3) is 11.0 Å². The van der Waals surface area contributed by atoms with E-state index < -0.39 is 0 Å². The highest BCUT2D eigenvalue weighted by atomic mass is 35.5. The van der Waals surface area contributed by atoms with Crippen molar-refractivity contribution in [3.63, 3.8) is 0 Å². The molecule has 0 saturated heterocycles. The molecule has 9 heteroatoms. The van der Waals surface area contributed by atoms with E-state index in [1.165, 1.54) is 0 Å². The van der Waals surface area contributed by atoms with Crippen LogP contribution in [-0.4, -0.2) is 49.1 Å². The number of anilines is 1. The molecule has 0 unspecified atom stereocenters. The molecule has 2 aromatic heterocycles. The van der Waals surface area contributed by atoms with Crippen molar-refractivity contribution in [2.45, 2.75) is 52.1 Å². The number of fused-ring (bicyclic) bond motifs is 2. The molecule has 4 aromatic rings. The summed E-state index contributed by atoms with van der Waals surface area (Å²) in [5.74, 6) is 0.261. The molecule has 198 valence electrons. The minimum atomic E-state index is -0.127. The third-order valence-electron chi connectivity index (χ3n) is 7.22. The lowest BCUT2D eigenvalue weighted by molar-refractivity contribution is -0.116. The molecule has 0 atom stereocenters. The van der Waals surface area contributed by atoms with Crippen LogP contribution in [0.1, 0.15) is 60.8 Å². The van der Waals surface area contributed by atoms with Gasteiger partial charge in [0, 0.05) is 56.7 Å². The van der Waals surface area contributed by atoms with E-state index in [2.05, 4.69) is 22.2 Å². The standard InChI is InChI=1S/C29H33ClN6O2/c1-21(37)36-16-7-5-3-4-6-14-34(29(38)28-32-25-18-24(30)11-12-26(25)33(28)2)20-23-10-9-22(17-27(23)36)19-35-15-8-13-31-35/h8-13,15,17-18H,3-7,14,16,19-20H2,1-2H3. The molecule has 38 heavy (non-hydrogen) atoms. The number of carbonyl (C=O) groups excluding carboxylic acids is 2. The first-order valence-electron chi connectivity index (χ1n) is 13.2. The normalized spacial score (nSPS) is 15.1. The van der Waals surface area contributed by atoms with Gasteiger partial charge in [-0.3, -0.25) is 14.3 Å². The van der Waals surface area contributed by atoms with Gasteiger partial charge in [0.15, 0.2) is 5.82 Å². The van der Waals surface area contributed by atoms with E-state index in [-0.39, 0.29) is 11.8 Å². The summed E-state index contributed by atoms with van der Waals surface area (Å²) in [4.78, 5) is 35.1. The minimum Gasteiger partial charge on any atom is -0.332 e. The maximum Gasteiger partial charge on any atom is 0.290 e. The van der Waals surface area contributed by atoms with E-state index >= 15 is 0 Å². The summed E-state index contributed by atoms with van der Waals surface area (Å²) in [5, 5.41) is 4.92. The molecule has 3 heterocycles. The summed E-state index contributed by atoms with van der Waals surface area (Å²) >= 11 is 6.18. The molecule has 8 nitrogen and oxygen atoms in total. The number of carbonyl (C=O) groups is 2. The van der Waals surface area contributed by atoms with Gasteiger partial charge in [-0.05, 0) is 54.3 Å². The van der Waals surface area contributed by atoms with Crippen molar-refractivity contribution in [2.75, 3.05) is 18.0 Å². The van der Waals surface area contributed by atoms with Crippen LogP contribution in [0.3, 0.4) is 0 Å². The summed E-state index contributed by atoms with van der Waals surface area (Å²) < 4.78 is 3.70. The monoisotopic (exact) mass is 532 g/mol. The molecule has 2 aromatic carbocycles. The molecule has 1 aliphatic heterocycles. The van der Waals surface area contributed by atoms with Gasteiger partial charge in [-0.2, -0.15) is 5.10 Å². The lowest BCUT2D eigenvalue weighted by Crippen LogP contribution is -2.36. The molecular weight excluding hydrogens is 500 g/mol. The van der Waals surface area contributed by atoms with E-state index in [9.17, 15) is 9.59 Å². The van der Waals surface area contributed by atoms with Crippen LogP contribution in [-0.2, 0) is 24.9 Å². The fourth-order valence-electron chi connectivity index (χ4n) is 5.19. The largest absolute Gasteiger partial charge is 0.332 e. The molecule has 0 fully saturated rings. The number of halogens is 1. The first-order valence-corrected chi connectivity index (χ1v) is 13.6. The smallest absolute Gasteiger partial charge is 0.290 e. The van der Waals surface area contributed by atoms with Crippen molar-refractivity contribution in [1.82, 2.24) is 24.2 Å². The average molecular weight is 533 g/mol. The minimum absolute atomic E-state index is 0.00431. The van der Waals surface area contributed by atoms with E-state index in [1.54, 1.807) is 19.2 Å². The van der Waals surface area contributed by atoms with Crippen LogP contribution in [0.15, 0.2) is 54.9 Å². The zero-order valence-electron chi connectivity index (χ0n) is 21.9. The Morgan fingerprint density at radius 2 is 1.79 bits per heavy atom. The van der Waals surface area contributed by atoms with Gasteiger partial charge in [0.05, 0.1) is 17.6 Å². The van der Waals surface area contributed by atoms with Gasteiger partial charge in [0.2, 0.25) is 5.91 Å². The third-order valence-corrected chi connectivity index (χ3v) is 7.45. The summed E-state index contributed by atoms with van der Waals surface area (Å²) in [6, 6.07) is 13.6. The van der Waals surface area contributed by atoms with E-state index in [4.69, 9.17) is 11.6 Å². The van der Waals surface area contributed by atoms with E-state index in [1.807, 2.05) is 56.6 Å². The molecule has 0 radical (unpaired) electrons. The maximum absolute atomic E-state index is 13.9. The molecule has 0 N–H and O–H groups in total. The molecule has 0 saturated carbocycles.